The van der Waals surface area contributed by atoms with E-state index in [9.17, 15) is 9.59 Å². The molecule has 0 unspecified atom stereocenters. The molecule has 2 aromatic rings. The molecule has 0 bridgehead atoms. The molecular weight excluding hydrogens is 356 g/mol. The van der Waals surface area contributed by atoms with Gasteiger partial charge in [0.05, 0.1) is 24.7 Å². The summed E-state index contributed by atoms with van der Waals surface area (Å²) in [5.74, 6) is -0.250. The normalized spacial score (nSPS) is 10.1. The second-order valence-electron chi connectivity index (χ2n) is 6.26. The van der Waals surface area contributed by atoms with Crippen LogP contribution in [0.2, 0.25) is 0 Å². The molecule has 0 radical (unpaired) electrons. The van der Waals surface area contributed by atoms with Crippen molar-refractivity contribution in [3.63, 3.8) is 0 Å². The first-order valence-corrected chi connectivity index (χ1v) is 9.10. The van der Waals surface area contributed by atoms with Gasteiger partial charge in [0.25, 0.3) is 5.91 Å². The third-order valence-electron chi connectivity index (χ3n) is 4.28. The summed E-state index contributed by atoms with van der Waals surface area (Å²) in [6, 6.07) is 14.3. The number of anilines is 1. The second kappa shape index (κ2) is 10.1. The molecule has 1 amide bonds. The van der Waals surface area contributed by atoms with E-state index in [-0.39, 0.29) is 13.0 Å². The topological polar surface area (TPSA) is 79.6 Å². The average molecular weight is 380 g/mol. The molecule has 0 heterocycles. The number of aryl methyl sites for hydroxylation is 2. The number of esters is 1. The number of benzene rings is 2. The van der Waals surface area contributed by atoms with Gasteiger partial charge in [0.2, 0.25) is 0 Å². The SMILES string of the molecule is CCOc1ccc(N(CCC#N)C(=O)COC(=O)c2ccc(C)c(C)c2)cc1. The second-order valence-corrected chi connectivity index (χ2v) is 6.26. The third-order valence-corrected chi connectivity index (χ3v) is 4.28. The van der Waals surface area contributed by atoms with Gasteiger partial charge in [-0.1, -0.05) is 6.07 Å². The van der Waals surface area contributed by atoms with Gasteiger partial charge >= 0.3 is 5.97 Å². The van der Waals surface area contributed by atoms with Crippen LogP contribution in [-0.2, 0) is 9.53 Å². The zero-order chi connectivity index (χ0) is 20.5. The Kier molecular flexibility index (Phi) is 7.58. The van der Waals surface area contributed by atoms with Crippen molar-refractivity contribution in [2.75, 3.05) is 24.7 Å². The molecule has 6 heteroatoms. The Morgan fingerprint density at radius 2 is 1.79 bits per heavy atom. The maximum Gasteiger partial charge on any atom is 0.338 e. The predicted octanol–water partition coefficient (Wildman–Crippen LogP) is 3.81. The summed E-state index contributed by atoms with van der Waals surface area (Å²) in [7, 11) is 0. The molecule has 0 atom stereocenters. The lowest BCUT2D eigenvalue weighted by molar-refractivity contribution is -0.121. The molecule has 28 heavy (non-hydrogen) atoms. The lowest BCUT2D eigenvalue weighted by atomic mass is 10.1. The summed E-state index contributed by atoms with van der Waals surface area (Å²) in [5.41, 5.74) is 3.07. The number of nitrogens with zero attached hydrogens (tertiary/aromatic N) is 2. The monoisotopic (exact) mass is 380 g/mol. The van der Waals surface area contributed by atoms with E-state index in [2.05, 4.69) is 0 Å². The highest BCUT2D eigenvalue weighted by Crippen LogP contribution is 2.20. The Hall–Kier alpha value is -3.33. The maximum absolute atomic E-state index is 12.6. The summed E-state index contributed by atoms with van der Waals surface area (Å²) in [4.78, 5) is 26.3. The molecule has 6 nitrogen and oxygen atoms in total. The van der Waals surface area contributed by atoms with Crippen molar-refractivity contribution in [2.24, 2.45) is 0 Å². The van der Waals surface area contributed by atoms with Gasteiger partial charge in [0.1, 0.15) is 5.75 Å². The standard InChI is InChI=1S/C22H24N2O4/c1-4-27-20-10-8-19(9-11-20)24(13-5-12-23)21(25)15-28-22(26)18-7-6-16(2)17(3)14-18/h6-11,14H,4-5,13,15H2,1-3H3. The number of carbonyl (C=O) groups excluding carboxylic acids is 2. The fraction of sp³-hybridized carbons (Fsp3) is 0.318. The Labute approximate surface area is 165 Å². The first-order chi connectivity index (χ1) is 13.5. The van der Waals surface area contributed by atoms with Gasteiger partial charge in [-0.15, -0.1) is 0 Å². The first-order valence-electron chi connectivity index (χ1n) is 9.10. The van der Waals surface area contributed by atoms with Crippen molar-refractivity contribution < 1.29 is 19.1 Å². The minimum Gasteiger partial charge on any atom is -0.494 e. The third kappa shape index (κ3) is 5.58. The molecule has 0 aromatic heterocycles. The minimum absolute atomic E-state index is 0.171. The average Bonchev–Trinajstić information content (AvgIpc) is 2.70. The number of hydrogen-bond donors (Lipinski definition) is 0. The van der Waals surface area contributed by atoms with Crippen LogP contribution in [-0.4, -0.2) is 31.6 Å². The predicted molar refractivity (Wildman–Crippen MR) is 106 cm³/mol. The van der Waals surface area contributed by atoms with E-state index in [1.165, 1.54) is 4.90 Å². The highest BCUT2D eigenvalue weighted by molar-refractivity contribution is 5.97. The molecule has 0 aliphatic heterocycles. The van der Waals surface area contributed by atoms with Gasteiger partial charge in [0, 0.05) is 12.2 Å². The molecule has 0 aliphatic carbocycles. The van der Waals surface area contributed by atoms with Crippen LogP contribution >= 0.6 is 0 Å². The van der Waals surface area contributed by atoms with Crippen molar-refractivity contribution in [3.8, 4) is 11.8 Å². The lowest BCUT2D eigenvalue weighted by Crippen LogP contribution is -2.35. The Bertz CT molecular complexity index is 869. The molecule has 2 rings (SSSR count). The highest BCUT2D eigenvalue weighted by atomic mass is 16.5. The summed E-state index contributed by atoms with van der Waals surface area (Å²) in [6.07, 6.45) is 0.171. The lowest BCUT2D eigenvalue weighted by Gasteiger charge is -2.22. The number of amides is 1. The molecule has 0 saturated heterocycles. The van der Waals surface area contributed by atoms with Crippen LogP contribution in [0.4, 0.5) is 5.69 Å². The fourth-order valence-electron chi connectivity index (χ4n) is 2.61. The van der Waals surface area contributed by atoms with E-state index >= 15 is 0 Å². The number of nitriles is 1. The molecule has 0 aliphatic rings. The number of hydrogen-bond acceptors (Lipinski definition) is 5. The first kappa shape index (κ1) is 21.0. The fourth-order valence-corrected chi connectivity index (χ4v) is 2.61. The van der Waals surface area contributed by atoms with E-state index < -0.39 is 18.5 Å². The van der Waals surface area contributed by atoms with Gasteiger partial charge in [-0.25, -0.2) is 4.79 Å². The Morgan fingerprint density at radius 3 is 2.39 bits per heavy atom. The van der Waals surface area contributed by atoms with Crippen LogP contribution in [0.25, 0.3) is 0 Å². The van der Waals surface area contributed by atoms with Gasteiger partial charge in [-0.3, -0.25) is 4.79 Å². The largest absolute Gasteiger partial charge is 0.494 e. The zero-order valence-electron chi connectivity index (χ0n) is 16.4. The molecule has 0 N–H and O–H groups in total. The van der Waals surface area contributed by atoms with Crippen molar-refractivity contribution in [3.05, 3.63) is 59.2 Å². The molecule has 146 valence electrons. The van der Waals surface area contributed by atoms with Crippen molar-refractivity contribution >= 4 is 17.6 Å². The number of ether oxygens (including phenoxy) is 2. The summed E-state index contributed by atoms with van der Waals surface area (Å²) in [6.45, 7) is 6.12. The van der Waals surface area contributed by atoms with Crippen molar-refractivity contribution in [1.82, 2.24) is 0 Å². The van der Waals surface area contributed by atoms with Gasteiger partial charge in [-0.2, -0.15) is 5.26 Å². The Morgan fingerprint density at radius 1 is 1.07 bits per heavy atom. The van der Waals surface area contributed by atoms with Gasteiger partial charge in [0.15, 0.2) is 6.61 Å². The molecule has 2 aromatic carbocycles. The smallest absolute Gasteiger partial charge is 0.338 e. The molecule has 0 saturated carbocycles. The van der Waals surface area contributed by atoms with Crippen molar-refractivity contribution in [1.29, 1.82) is 5.26 Å². The maximum atomic E-state index is 12.6. The highest BCUT2D eigenvalue weighted by Gasteiger charge is 2.18. The van der Waals surface area contributed by atoms with E-state index in [0.29, 0.717) is 23.6 Å². The minimum atomic E-state index is -0.552. The van der Waals surface area contributed by atoms with Crippen LogP contribution in [0.1, 0.15) is 34.8 Å². The Balaban J connectivity index is 2.06. The molecule has 0 fully saturated rings. The van der Waals surface area contributed by atoms with Crippen molar-refractivity contribution in [2.45, 2.75) is 27.2 Å². The van der Waals surface area contributed by atoms with E-state index in [1.54, 1.807) is 36.4 Å². The zero-order valence-corrected chi connectivity index (χ0v) is 16.4. The van der Waals surface area contributed by atoms with Crippen LogP contribution in [0, 0.1) is 25.2 Å². The molecular formula is C22H24N2O4. The number of rotatable bonds is 8. The summed E-state index contributed by atoms with van der Waals surface area (Å²) < 4.78 is 10.6. The molecule has 0 spiro atoms. The van der Waals surface area contributed by atoms with Crippen LogP contribution in [0.3, 0.4) is 0 Å². The van der Waals surface area contributed by atoms with Crippen LogP contribution < -0.4 is 9.64 Å². The van der Waals surface area contributed by atoms with E-state index in [1.807, 2.05) is 32.9 Å². The van der Waals surface area contributed by atoms with Gasteiger partial charge < -0.3 is 14.4 Å². The van der Waals surface area contributed by atoms with Crippen LogP contribution in [0.5, 0.6) is 5.75 Å². The van der Waals surface area contributed by atoms with E-state index in [0.717, 1.165) is 11.1 Å². The number of carbonyl (C=O) groups is 2. The summed E-state index contributed by atoms with van der Waals surface area (Å²) >= 11 is 0. The van der Waals surface area contributed by atoms with E-state index in [4.69, 9.17) is 14.7 Å². The van der Waals surface area contributed by atoms with Gasteiger partial charge in [-0.05, 0) is 68.3 Å². The van der Waals surface area contributed by atoms with Crippen LogP contribution in [0.15, 0.2) is 42.5 Å². The summed E-state index contributed by atoms with van der Waals surface area (Å²) in [5, 5.41) is 8.88. The quantitative estimate of drug-likeness (QED) is 0.651.